The standard InChI is InChI=1S/C19H18Cl2N2O3/c1-22(11-13-5-4-6-14(20)19(13)21)17(24)9-10-23-15-7-2-3-8-16(15)26-12-18(23)25/h2-8H,9-12H2,1H3. The molecule has 2 amide bonds. The minimum Gasteiger partial charge on any atom is -0.482 e. The summed E-state index contributed by atoms with van der Waals surface area (Å²) in [6.07, 6.45) is 0.203. The van der Waals surface area contributed by atoms with E-state index in [2.05, 4.69) is 0 Å². The van der Waals surface area contributed by atoms with Gasteiger partial charge in [-0.2, -0.15) is 0 Å². The highest BCUT2D eigenvalue weighted by atomic mass is 35.5. The summed E-state index contributed by atoms with van der Waals surface area (Å²) < 4.78 is 5.41. The Bertz CT molecular complexity index is 841. The van der Waals surface area contributed by atoms with Crippen molar-refractivity contribution in [2.24, 2.45) is 0 Å². The van der Waals surface area contributed by atoms with Crippen molar-refractivity contribution < 1.29 is 14.3 Å². The van der Waals surface area contributed by atoms with Crippen molar-refractivity contribution in [2.75, 3.05) is 25.1 Å². The molecule has 0 aliphatic carbocycles. The first-order valence-electron chi connectivity index (χ1n) is 8.16. The number of hydrogen-bond acceptors (Lipinski definition) is 3. The van der Waals surface area contributed by atoms with Crippen molar-refractivity contribution in [1.82, 2.24) is 4.90 Å². The average molecular weight is 393 g/mol. The second-order valence-corrected chi connectivity index (χ2v) is 6.80. The molecule has 0 bridgehead atoms. The van der Waals surface area contributed by atoms with Gasteiger partial charge in [-0.15, -0.1) is 0 Å². The topological polar surface area (TPSA) is 49.9 Å². The highest BCUT2D eigenvalue weighted by Crippen LogP contribution is 2.31. The van der Waals surface area contributed by atoms with E-state index in [9.17, 15) is 9.59 Å². The van der Waals surface area contributed by atoms with Crippen LogP contribution in [0.25, 0.3) is 0 Å². The van der Waals surface area contributed by atoms with E-state index in [0.29, 0.717) is 34.6 Å². The number of fused-ring (bicyclic) bond motifs is 1. The zero-order chi connectivity index (χ0) is 18.7. The third-order valence-electron chi connectivity index (χ3n) is 4.22. The second kappa shape index (κ2) is 7.98. The monoisotopic (exact) mass is 392 g/mol. The number of rotatable bonds is 5. The highest BCUT2D eigenvalue weighted by molar-refractivity contribution is 6.42. The Balaban J connectivity index is 1.63. The van der Waals surface area contributed by atoms with Gasteiger partial charge in [0.1, 0.15) is 5.75 Å². The van der Waals surface area contributed by atoms with Gasteiger partial charge in [-0.3, -0.25) is 9.59 Å². The van der Waals surface area contributed by atoms with Crippen LogP contribution in [-0.2, 0) is 16.1 Å². The van der Waals surface area contributed by atoms with Crippen molar-refractivity contribution in [3.8, 4) is 5.75 Å². The Kier molecular flexibility index (Phi) is 5.69. The first kappa shape index (κ1) is 18.5. The number of carbonyl (C=O) groups excluding carboxylic acids is 2. The lowest BCUT2D eigenvalue weighted by Crippen LogP contribution is -2.41. The summed E-state index contributed by atoms with van der Waals surface area (Å²) in [5, 5.41) is 0.909. The minimum absolute atomic E-state index is 0.0147. The molecule has 0 aromatic heterocycles. The van der Waals surface area contributed by atoms with Crippen LogP contribution < -0.4 is 9.64 Å². The third-order valence-corrected chi connectivity index (χ3v) is 5.08. The summed E-state index contributed by atoms with van der Waals surface area (Å²) >= 11 is 12.2. The number of hydrogen-bond donors (Lipinski definition) is 0. The number of carbonyl (C=O) groups is 2. The van der Waals surface area contributed by atoms with Crippen LogP contribution in [0.3, 0.4) is 0 Å². The highest BCUT2D eigenvalue weighted by Gasteiger charge is 2.26. The fraction of sp³-hybridized carbons (Fsp3) is 0.263. The van der Waals surface area contributed by atoms with Crippen LogP contribution >= 0.6 is 23.2 Å². The summed E-state index contributed by atoms with van der Waals surface area (Å²) in [6, 6.07) is 12.6. The van der Waals surface area contributed by atoms with Gasteiger partial charge in [0.15, 0.2) is 6.61 Å². The predicted molar refractivity (Wildman–Crippen MR) is 102 cm³/mol. The van der Waals surface area contributed by atoms with E-state index in [1.54, 1.807) is 29.0 Å². The number of anilines is 1. The van der Waals surface area contributed by atoms with Crippen LogP contribution in [0.15, 0.2) is 42.5 Å². The summed E-state index contributed by atoms with van der Waals surface area (Å²) in [5.74, 6) is 0.411. The van der Waals surface area contributed by atoms with Crippen LogP contribution in [0.5, 0.6) is 5.75 Å². The lowest BCUT2D eigenvalue weighted by molar-refractivity contribution is -0.130. The predicted octanol–water partition coefficient (Wildman–Crippen LogP) is 3.77. The number of ether oxygens (including phenoxy) is 1. The summed E-state index contributed by atoms with van der Waals surface area (Å²) in [7, 11) is 1.70. The molecule has 0 unspecified atom stereocenters. The Morgan fingerprint density at radius 2 is 1.96 bits per heavy atom. The number of nitrogens with zero attached hydrogens (tertiary/aromatic N) is 2. The molecule has 0 radical (unpaired) electrons. The zero-order valence-corrected chi connectivity index (χ0v) is 15.8. The molecular weight excluding hydrogens is 375 g/mol. The van der Waals surface area contributed by atoms with Gasteiger partial charge in [0.25, 0.3) is 5.91 Å². The second-order valence-electron chi connectivity index (χ2n) is 6.01. The number of halogens is 2. The van der Waals surface area contributed by atoms with Crippen LogP contribution in [-0.4, -0.2) is 36.9 Å². The Morgan fingerprint density at radius 3 is 2.77 bits per heavy atom. The maximum absolute atomic E-state index is 12.5. The quantitative estimate of drug-likeness (QED) is 0.777. The molecule has 2 aromatic carbocycles. The smallest absolute Gasteiger partial charge is 0.265 e. The number of benzene rings is 2. The Hall–Kier alpha value is -2.24. The van der Waals surface area contributed by atoms with Crippen molar-refractivity contribution in [1.29, 1.82) is 0 Å². The van der Waals surface area contributed by atoms with Gasteiger partial charge in [-0.25, -0.2) is 0 Å². The molecule has 5 nitrogen and oxygen atoms in total. The fourth-order valence-electron chi connectivity index (χ4n) is 2.81. The number of para-hydroxylation sites is 2. The van der Waals surface area contributed by atoms with Crippen molar-refractivity contribution in [3.63, 3.8) is 0 Å². The van der Waals surface area contributed by atoms with E-state index >= 15 is 0 Å². The molecule has 3 rings (SSSR count). The van der Waals surface area contributed by atoms with E-state index in [-0.39, 0.29) is 24.8 Å². The molecule has 0 saturated heterocycles. The molecule has 2 aromatic rings. The molecule has 26 heavy (non-hydrogen) atoms. The van der Waals surface area contributed by atoms with Crippen LogP contribution in [0.1, 0.15) is 12.0 Å². The molecule has 0 spiro atoms. The molecule has 1 heterocycles. The van der Waals surface area contributed by atoms with Gasteiger partial charge in [0.2, 0.25) is 5.91 Å². The molecule has 136 valence electrons. The van der Waals surface area contributed by atoms with Gasteiger partial charge in [0, 0.05) is 26.6 Å². The molecular formula is C19H18Cl2N2O3. The molecule has 0 fully saturated rings. The largest absolute Gasteiger partial charge is 0.482 e. The number of amides is 2. The van der Waals surface area contributed by atoms with Gasteiger partial charge >= 0.3 is 0 Å². The fourth-order valence-corrected chi connectivity index (χ4v) is 3.19. The lowest BCUT2D eigenvalue weighted by atomic mass is 10.2. The van der Waals surface area contributed by atoms with Crippen molar-refractivity contribution >= 4 is 40.7 Å². The maximum atomic E-state index is 12.5. The minimum atomic E-state index is -0.156. The van der Waals surface area contributed by atoms with Gasteiger partial charge in [-0.1, -0.05) is 47.5 Å². The van der Waals surface area contributed by atoms with Gasteiger partial charge < -0.3 is 14.5 Å². The Morgan fingerprint density at radius 1 is 1.19 bits per heavy atom. The molecule has 1 aliphatic heterocycles. The zero-order valence-electron chi connectivity index (χ0n) is 14.2. The summed E-state index contributed by atoms with van der Waals surface area (Å²) in [5.41, 5.74) is 1.47. The van der Waals surface area contributed by atoms with Crippen molar-refractivity contribution in [2.45, 2.75) is 13.0 Å². The van der Waals surface area contributed by atoms with E-state index in [1.807, 2.05) is 30.3 Å². The average Bonchev–Trinajstić information content (AvgIpc) is 2.64. The molecule has 0 atom stereocenters. The summed E-state index contributed by atoms with van der Waals surface area (Å²) in [6.45, 7) is 0.636. The van der Waals surface area contributed by atoms with E-state index in [0.717, 1.165) is 5.56 Å². The SMILES string of the molecule is CN(Cc1cccc(Cl)c1Cl)C(=O)CCN1C(=O)COc2ccccc21. The lowest BCUT2D eigenvalue weighted by Gasteiger charge is -2.29. The Labute approximate surface area is 162 Å². The van der Waals surface area contributed by atoms with E-state index in [4.69, 9.17) is 27.9 Å². The first-order valence-corrected chi connectivity index (χ1v) is 8.92. The van der Waals surface area contributed by atoms with E-state index < -0.39 is 0 Å². The van der Waals surface area contributed by atoms with Crippen LogP contribution in [0, 0.1) is 0 Å². The van der Waals surface area contributed by atoms with Crippen molar-refractivity contribution in [3.05, 3.63) is 58.1 Å². The summed E-state index contributed by atoms with van der Waals surface area (Å²) in [4.78, 5) is 27.8. The van der Waals surface area contributed by atoms with Gasteiger partial charge in [-0.05, 0) is 23.8 Å². The van der Waals surface area contributed by atoms with Crippen LogP contribution in [0.4, 0.5) is 5.69 Å². The molecule has 0 N–H and O–H groups in total. The van der Waals surface area contributed by atoms with Gasteiger partial charge in [0.05, 0.1) is 15.7 Å². The van der Waals surface area contributed by atoms with E-state index in [1.165, 1.54) is 0 Å². The first-order chi connectivity index (χ1) is 12.5. The molecule has 1 aliphatic rings. The third kappa shape index (κ3) is 3.94. The van der Waals surface area contributed by atoms with Crippen LogP contribution in [0.2, 0.25) is 10.0 Å². The molecule has 7 heteroatoms. The molecule has 0 saturated carbocycles. The normalized spacial score (nSPS) is 13.2. The maximum Gasteiger partial charge on any atom is 0.265 e.